The van der Waals surface area contributed by atoms with Crippen LogP contribution in [0.25, 0.3) is 16.6 Å². The summed E-state index contributed by atoms with van der Waals surface area (Å²) < 4.78 is 66.3. The van der Waals surface area contributed by atoms with Crippen molar-refractivity contribution in [3.05, 3.63) is 63.5 Å². The molecular weight excluding hydrogens is 518 g/mol. The van der Waals surface area contributed by atoms with E-state index in [9.17, 15) is 46.1 Å². The highest BCUT2D eigenvalue weighted by Gasteiger charge is 2.32. The van der Waals surface area contributed by atoms with E-state index >= 15 is 0 Å². The lowest BCUT2D eigenvalue weighted by Crippen LogP contribution is -2.29. The molecule has 36 heavy (non-hydrogen) atoms. The molecule has 3 aromatic rings. The summed E-state index contributed by atoms with van der Waals surface area (Å²) in [5.41, 5.74) is -0.851. The van der Waals surface area contributed by atoms with Gasteiger partial charge in [0.15, 0.2) is 5.82 Å². The second kappa shape index (κ2) is 8.42. The van der Waals surface area contributed by atoms with E-state index in [1.807, 2.05) is 6.07 Å². The number of carbonyl (C=O) groups is 1. The molecule has 2 N–H and O–H groups in total. The maximum atomic E-state index is 13.3. The van der Waals surface area contributed by atoms with Crippen molar-refractivity contribution in [1.29, 1.82) is 5.26 Å². The Morgan fingerprint density at radius 3 is 2.42 bits per heavy atom. The fraction of sp³-hybridized carbons (Fsp3) is 0.100. The number of non-ortho nitro benzene ring substituents is 1. The number of aromatic nitrogens is 2. The second-order valence-corrected chi connectivity index (χ2v) is 10.3. The number of fused-ring (bicyclic) bond motifs is 3. The Kier molecular flexibility index (Phi) is 5.81. The van der Waals surface area contributed by atoms with E-state index in [1.54, 1.807) is 0 Å². The number of aliphatic imine (C=N–C) groups is 1. The average Bonchev–Trinajstić information content (AvgIpc) is 3.16. The minimum atomic E-state index is -4.88. The van der Waals surface area contributed by atoms with Crippen molar-refractivity contribution in [2.45, 2.75) is 23.3 Å². The highest BCUT2D eigenvalue weighted by Crippen LogP contribution is 2.31. The van der Waals surface area contributed by atoms with Crippen molar-refractivity contribution >= 4 is 54.1 Å². The lowest BCUT2D eigenvalue weighted by molar-refractivity contribution is -0.385. The molecule has 0 saturated carbocycles. The summed E-state index contributed by atoms with van der Waals surface area (Å²) in [6.07, 6.45) is 0. The highest BCUT2D eigenvalue weighted by atomic mass is 32.2. The first kappa shape index (κ1) is 24.8. The van der Waals surface area contributed by atoms with Gasteiger partial charge in [0.2, 0.25) is 0 Å². The number of hydrogen-bond acceptors (Lipinski definition) is 10. The SMILES string of the molecule is CC1=C(C#N)c2nc3cc(S(=O)(=O)O)ccc3n2C(=O)C1=NCc1ccc([N+](=O)[O-])cc1S(=O)(=O)O. The molecule has 184 valence electrons. The standard InChI is InChI=1S/C20H13N5O9S2/c1-10-14(8-21)19-23-15-7-13(35(29,30)31)4-5-16(15)24(19)20(26)18(10)22-9-11-2-3-12(25(27)28)6-17(11)36(32,33)34/h2-7H,9H2,1H3,(H,29,30,31)(H,32,33,34). The maximum absolute atomic E-state index is 13.3. The van der Waals surface area contributed by atoms with Crippen LogP contribution in [0.3, 0.4) is 0 Å². The summed E-state index contributed by atoms with van der Waals surface area (Å²) in [5, 5.41) is 20.7. The maximum Gasteiger partial charge on any atom is 0.295 e. The molecule has 1 aromatic heterocycles. The molecule has 2 aromatic carbocycles. The lowest BCUT2D eigenvalue weighted by Gasteiger charge is -2.17. The van der Waals surface area contributed by atoms with Crippen molar-refractivity contribution in [2.24, 2.45) is 4.99 Å². The first-order chi connectivity index (χ1) is 16.7. The Bertz CT molecular complexity index is 1830. The van der Waals surface area contributed by atoms with Crippen molar-refractivity contribution < 1.29 is 35.7 Å². The molecule has 0 saturated heterocycles. The van der Waals surface area contributed by atoms with E-state index in [0.29, 0.717) is 6.07 Å². The van der Waals surface area contributed by atoms with Crippen molar-refractivity contribution in [1.82, 2.24) is 9.55 Å². The van der Waals surface area contributed by atoms with E-state index in [2.05, 4.69) is 9.98 Å². The average molecular weight is 531 g/mol. The molecule has 1 aliphatic rings. The van der Waals surface area contributed by atoms with Crippen molar-refractivity contribution in [3.8, 4) is 6.07 Å². The van der Waals surface area contributed by atoms with Crippen LogP contribution in [0.1, 0.15) is 23.1 Å². The van der Waals surface area contributed by atoms with E-state index in [-0.39, 0.29) is 39.3 Å². The third-order valence-electron chi connectivity index (χ3n) is 5.34. The van der Waals surface area contributed by atoms with Gasteiger partial charge in [-0.3, -0.25) is 33.6 Å². The molecule has 0 fully saturated rings. The van der Waals surface area contributed by atoms with Gasteiger partial charge in [0.05, 0.1) is 27.4 Å². The lowest BCUT2D eigenvalue weighted by atomic mass is 10.0. The zero-order valence-electron chi connectivity index (χ0n) is 18.0. The summed E-state index contributed by atoms with van der Waals surface area (Å²) in [6.45, 7) is 0.903. The zero-order chi connectivity index (χ0) is 26.6. The summed E-state index contributed by atoms with van der Waals surface area (Å²) in [5.74, 6) is -0.852. The molecule has 14 nitrogen and oxygen atoms in total. The summed E-state index contributed by atoms with van der Waals surface area (Å²) in [7, 11) is -9.44. The summed E-state index contributed by atoms with van der Waals surface area (Å²) >= 11 is 0. The van der Waals surface area contributed by atoms with Crippen LogP contribution in [0.4, 0.5) is 5.69 Å². The van der Waals surface area contributed by atoms with Gasteiger partial charge in [-0.25, -0.2) is 4.98 Å². The quantitative estimate of drug-likeness (QED) is 0.275. The highest BCUT2D eigenvalue weighted by molar-refractivity contribution is 7.86. The van der Waals surface area contributed by atoms with E-state index in [4.69, 9.17) is 0 Å². The molecule has 16 heteroatoms. The van der Waals surface area contributed by atoms with Gasteiger partial charge in [0.1, 0.15) is 22.2 Å². The fourth-order valence-electron chi connectivity index (χ4n) is 3.66. The normalized spacial score (nSPS) is 15.3. The van der Waals surface area contributed by atoms with Crippen molar-refractivity contribution in [2.75, 3.05) is 0 Å². The van der Waals surface area contributed by atoms with Gasteiger partial charge >= 0.3 is 0 Å². The van der Waals surface area contributed by atoms with E-state index in [0.717, 1.165) is 28.8 Å². The van der Waals surface area contributed by atoms with Crippen LogP contribution in [-0.2, 0) is 26.8 Å². The van der Waals surface area contributed by atoms with Crippen LogP contribution >= 0.6 is 0 Å². The summed E-state index contributed by atoms with van der Waals surface area (Å²) in [4.78, 5) is 30.5. The number of allylic oxidation sites excluding steroid dienone is 2. The Labute approximate surface area is 202 Å². The van der Waals surface area contributed by atoms with Gasteiger partial charge < -0.3 is 0 Å². The monoisotopic (exact) mass is 531 g/mol. The molecule has 0 bridgehead atoms. The number of nitriles is 1. The van der Waals surface area contributed by atoms with Crippen LogP contribution in [0.2, 0.25) is 0 Å². The van der Waals surface area contributed by atoms with Crippen LogP contribution in [0, 0.1) is 21.4 Å². The van der Waals surface area contributed by atoms with Gasteiger partial charge in [-0.15, -0.1) is 0 Å². The van der Waals surface area contributed by atoms with Crippen LogP contribution in [-0.4, -0.2) is 52.0 Å². The second-order valence-electron chi connectivity index (χ2n) is 7.50. The van der Waals surface area contributed by atoms with Gasteiger partial charge in [-0.2, -0.15) is 22.1 Å². The zero-order valence-corrected chi connectivity index (χ0v) is 19.6. The number of nitro benzene ring substituents is 1. The molecule has 0 spiro atoms. The molecule has 1 aliphatic heterocycles. The number of benzene rings is 2. The third-order valence-corrected chi connectivity index (χ3v) is 7.13. The first-order valence-electron chi connectivity index (χ1n) is 9.69. The molecule has 0 amide bonds. The number of imidazole rings is 1. The van der Waals surface area contributed by atoms with Gasteiger partial charge in [0.25, 0.3) is 31.8 Å². The van der Waals surface area contributed by atoms with Crippen LogP contribution < -0.4 is 0 Å². The predicted molar refractivity (Wildman–Crippen MR) is 122 cm³/mol. The molecule has 0 atom stereocenters. The number of nitrogens with zero attached hydrogens (tertiary/aromatic N) is 5. The molecule has 0 radical (unpaired) electrons. The molecular formula is C20H13N5O9S2. The molecule has 0 unspecified atom stereocenters. The third kappa shape index (κ3) is 4.16. The smallest absolute Gasteiger partial charge is 0.282 e. The Morgan fingerprint density at radius 1 is 1.14 bits per heavy atom. The first-order valence-corrected chi connectivity index (χ1v) is 12.6. The largest absolute Gasteiger partial charge is 0.295 e. The Morgan fingerprint density at radius 2 is 1.83 bits per heavy atom. The Balaban J connectivity index is 1.86. The molecule has 2 heterocycles. The van der Waals surface area contributed by atoms with Crippen LogP contribution in [0.5, 0.6) is 0 Å². The van der Waals surface area contributed by atoms with Gasteiger partial charge in [-0.1, -0.05) is 0 Å². The summed E-state index contributed by atoms with van der Waals surface area (Å²) in [6, 6.07) is 7.92. The van der Waals surface area contributed by atoms with Crippen LogP contribution in [0.15, 0.2) is 56.8 Å². The number of hydrogen-bond donors (Lipinski definition) is 2. The minimum absolute atomic E-state index is 0.000644. The Hall–Kier alpha value is -4.30. The number of rotatable bonds is 5. The molecule has 0 aliphatic carbocycles. The minimum Gasteiger partial charge on any atom is -0.282 e. The predicted octanol–water partition coefficient (Wildman–Crippen LogP) is 2.03. The van der Waals surface area contributed by atoms with Gasteiger partial charge in [-0.05, 0) is 36.8 Å². The number of nitro groups is 1. The van der Waals surface area contributed by atoms with Crippen molar-refractivity contribution in [3.63, 3.8) is 0 Å². The number of carbonyl (C=O) groups excluding carboxylic acids is 1. The van der Waals surface area contributed by atoms with E-state index < -0.39 is 53.1 Å². The van der Waals surface area contributed by atoms with Gasteiger partial charge in [0, 0.05) is 17.7 Å². The topological polar surface area (TPSA) is 223 Å². The fourth-order valence-corrected chi connectivity index (χ4v) is 4.89. The van der Waals surface area contributed by atoms with E-state index in [1.165, 1.54) is 13.0 Å². The molecule has 4 rings (SSSR count).